The summed E-state index contributed by atoms with van der Waals surface area (Å²) >= 11 is 9.27. The number of amides is 1. The van der Waals surface area contributed by atoms with Gasteiger partial charge in [-0.05, 0) is 36.6 Å². The summed E-state index contributed by atoms with van der Waals surface area (Å²) in [4.78, 5) is 24.3. The molecule has 2 aromatic heterocycles. The maximum absolute atomic E-state index is 12.8. The predicted octanol–water partition coefficient (Wildman–Crippen LogP) is 3.67. The lowest BCUT2D eigenvalue weighted by Crippen LogP contribution is -2.38. The Labute approximate surface area is 136 Å². The number of fused-ring (bicyclic) bond motifs is 1. The van der Waals surface area contributed by atoms with Gasteiger partial charge in [-0.2, -0.15) is 0 Å². The van der Waals surface area contributed by atoms with Crippen molar-refractivity contribution in [3.63, 3.8) is 0 Å². The van der Waals surface area contributed by atoms with Gasteiger partial charge in [-0.1, -0.05) is 23.4 Å². The third kappa shape index (κ3) is 2.67. The molecular weight excluding hydrogens is 326 g/mol. The van der Waals surface area contributed by atoms with Gasteiger partial charge in [-0.25, -0.2) is 9.97 Å². The lowest BCUT2D eigenvalue weighted by Gasteiger charge is -2.33. The van der Waals surface area contributed by atoms with Gasteiger partial charge in [0, 0.05) is 11.4 Å². The van der Waals surface area contributed by atoms with E-state index in [9.17, 15) is 4.79 Å². The molecule has 3 heterocycles. The molecule has 4 nitrogen and oxygen atoms in total. The molecule has 7 heteroatoms. The number of thiophene rings is 1. The van der Waals surface area contributed by atoms with Crippen LogP contribution in [-0.2, 0) is 6.42 Å². The molecule has 21 heavy (non-hydrogen) atoms. The van der Waals surface area contributed by atoms with Gasteiger partial charge in [0.1, 0.15) is 0 Å². The van der Waals surface area contributed by atoms with Crippen molar-refractivity contribution in [3.05, 3.63) is 38.8 Å². The minimum absolute atomic E-state index is 0.0521. The van der Waals surface area contributed by atoms with E-state index < -0.39 is 0 Å². The Morgan fingerprint density at radius 1 is 1.57 bits per heavy atom. The van der Waals surface area contributed by atoms with E-state index in [-0.39, 0.29) is 11.9 Å². The van der Waals surface area contributed by atoms with Crippen LogP contribution in [0.4, 0.5) is 0 Å². The van der Waals surface area contributed by atoms with Crippen LogP contribution in [0.5, 0.6) is 0 Å². The van der Waals surface area contributed by atoms with Gasteiger partial charge in [0.05, 0.1) is 17.3 Å². The highest BCUT2D eigenvalue weighted by molar-refractivity contribution is 7.98. The standard InChI is InChI=1S/C14H14ClN3OS2/c1-8-9-4-6-21-11(9)3-5-18(8)13(19)12-10(15)7-16-14(17-12)20-2/h4,6-8H,3,5H2,1-2H3. The van der Waals surface area contributed by atoms with Crippen molar-refractivity contribution in [1.29, 1.82) is 0 Å². The molecule has 1 unspecified atom stereocenters. The molecule has 0 aromatic carbocycles. The maximum atomic E-state index is 12.8. The summed E-state index contributed by atoms with van der Waals surface area (Å²) in [6.45, 7) is 2.75. The number of rotatable bonds is 2. The van der Waals surface area contributed by atoms with Crippen molar-refractivity contribution in [1.82, 2.24) is 14.9 Å². The predicted molar refractivity (Wildman–Crippen MR) is 86.3 cm³/mol. The van der Waals surface area contributed by atoms with Crippen LogP contribution in [0.25, 0.3) is 0 Å². The second-order valence-corrected chi connectivity index (χ2v) is 6.96. The van der Waals surface area contributed by atoms with E-state index in [2.05, 4.69) is 21.4 Å². The molecule has 0 saturated heterocycles. The van der Waals surface area contributed by atoms with Crippen molar-refractivity contribution < 1.29 is 4.79 Å². The highest BCUT2D eigenvalue weighted by Crippen LogP contribution is 2.34. The third-order valence-corrected chi connectivity index (χ3v) is 5.48. The molecule has 0 radical (unpaired) electrons. The summed E-state index contributed by atoms with van der Waals surface area (Å²) in [6, 6.07) is 2.15. The lowest BCUT2D eigenvalue weighted by molar-refractivity contribution is 0.0672. The van der Waals surface area contributed by atoms with Crippen molar-refractivity contribution in [3.8, 4) is 0 Å². The van der Waals surface area contributed by atoms with E-state index >= 15 is 0 Å². The van der Waals surface area contributed by atoms with Gasteiger partial charge >= 0.3 is 0 Å². The van der Waals surface area contributed by atoms with E-state index in [1.54, 1.807) is 11.3 Å². The van der Waals surface area contributed by atoms with Crippen molar-refractivity contribution >= 4 is 40.6 Å². The van der Waals surface area contributed by atoms with Crippen molar-refractivity contribution in [2.75, 3.05) is 12.8 Å². The molecule has 0 spiro atoms. The normalized spacial score (nSPS) is 17.7. The largest absolute Gasteiger partial charge is 0.330 e. The molecule has 0 bridgehead atoms. The number of carbonyl (C=O) groups excluding carboxylic acids is 1. The van der Waals surface area contributed by atoms with Crippen LogP contribution in [0.2, 0.25) is 5.02 Å². The molecule has 0 fully saturated rings. The molecule has 3 rings (SSSR count). The Kier molecular flexibility index (Phi) is 4.19. The molecule has 1 aliphatic rings. The summed E-state index contributed by atoms with van der Waals surface area (Å²) in [6.07, 6.45) is 4.26. The molecule has 0 saturated carbocycles. The van der Waals surface area contributed by atoms with Crippen LogP contribution in [0.1, 0.15) is 33.9 Å². The second-order valence-electron chi connectivity index (χ2n) is 4.78. The van der Waals surface area contributed by atoms with E-state index in [1.807, 2.05) is 18.1 Å². The Hall–Kier alpha value is -1.11. The molecular formula is C14H14ClN3OS2. The SMILES string of the molecule is CSc1ncc(Cl)c(C(=O)N2CCc3sccc3C2C)n1. The van der Waals surface area contributed by atoms with Crippen LogP contribution in [-0.4, -0.2) is 33.6 Å². The first-order valence-corrected chi connectivity index (χ1v) is 9.03. The number of hydrogen-bond donors (Lipinski definition) is 0. The zero-order valence-corrected chi connectivity index (χ0v) is 14.1. The third-order valence-electron chi connectivity index (χ3n) is 3.65. The Morgan fingerprint density at radius 3 is 3.14 bits per heavy atom. The fourth-order valence-corrected chi connectivity index (χ4v) is 4.00. The van der Waals surface area contributed by atoms with Gasteiger partial charge in [0.2, 0.25) is 0 Å². The fourth-order valence-electron chi connectivity index (χ4n) is 2.52. The van der Waals surface area contributed by atoms with Crippen LogP contribution < -0.4 is 0 Å². The first kappa shape index (κ1) is 14.8. The smallest absolute Gasteiger partial charge is 0.274 e. The minimum atomic E-state index is -0.123. The van der Waals surface area contributed by atoms with E-state index in [0.717, 1.165) is 6.42 Å². The van der Waals surface area contributed by atoms with E-state index in [1.165, 1.54) is 28.4 Å². The van der Waals surface area contributed by atoms with Gasteiger partial charge in [-0.3, -0.25) is 4.79 Å². The summed E-state index contributed by atoms with van der Waals surface area (Å²) in [5.41, 5.74) is 1.52. The zero-order valence-electron chi connectivity index (χ0n) is 11.7. The Bertz CT molecular complexity index is 689. The Morgan fingerprint density at radius 2 is 2.38 bits per heavy atom. The highest BCUT2D eigenvalue weighted by atomic mass is 35.5. The first-order valence-electron chi connectivity index (χ1n) is 6.55. The van der Waals surface area contributed by atoms with Crippen LogP contribution >= 0.6 is 34.7 Å². The van der Waals surface area contributed by atoms with Crippen LogP contribution in [0.15, 0.2) is 22.8 Å². The second kappa shape index (κ2) is 5.94. The molecule has 0 N–H and O–H groups in total. The van der Waals surface area contributed by atoms with Gasteiger partial charge in [0.15, 0.2) is 10.9 Å². The number of aromatic nitrogens is 2. The number of carbonyl (C=O) groups is 1. The van der Waals surface area contributed by atoms with Crippen molar-refractivity contribution in [2.24, 2.45) is 0 Å². The number of halogens is 1. The first-order chi connectivity index (χ1) is 10.1. The molecule has 1 atom stereocenters. The van der Waals surface area contributed by atoms with Gasteiger partial charge in [0.25, 0.3) is 5.91 Å². The quantitative estimate of drug-likeness (QED) is 0.618. The highest BCUT2D eigenvalue weighted by Gasteiger charge is 2.30. The molecule has 1 amide bonds. The fraction of sp³-hybridized carbons (Fsp3) is 0.357. The summed E-state index contributed by atoms with van der Waals surface area (Å²) in [7, 11) is 0. The summed E-state index contributed by atoms with van der Waals surface area (Å²) in [5, 5.41) is 2.95. The van der Waals surface area contributed by atoms with Gasteiger partial charge < -0.3 is 4.90 Å². The number of hydrogen-bond acceptors (Lipinski definition) is 5. The molecule has 1 aliphatic heterocycles. The Balaban J connectivity index is 1.93. The van der Waals surface area contributed by atoms with Crippen LogP contribution in [0.3, 0.4) is 0 Å². The summed E-state index contributed by atoms with van der Waals surface area (Å²) < 4.78 is 0. The summed E-state index contributed by atoms with van der Waals surface area (Å²) in [5.74, 6) is -0.123. The number of thioether (sulfide) groups is 1. The average molecular weight is 340 g/mol. The van der Waals surface area contributed by atoms with E-state index in [4.69, 9.17) is 11.6 Å². The lowest BCUT2D eigenvalue weighted by atomic mass is 10.0. The van der Waals surface area contributed by atoms with E-state index in [0.29, 0.717) is 22.4 Å². The van der Waals surface area contributed by atoms with Crippen LogP contribution in [0, 0.1) is 0 Å². The average Bonchev–Trinajstić information content (AvgIpc) is 2.97. The molecule has 0 aliphatic carbocycles. The maximum Gasteiger partial charge on any atom is 0.274 e. The molecule has 110 valence electrons. The topological polar surface area (TPSA) is 46.1 Å². The van der Waals surface area contributed by atoms with Gasteiger partial charge in [-0.15, -0.1) is 11.3 Å². The minimum Gasteiger partial charge on any atom is -0.330 e. The molecule has 2 aromatic rings. The monoisotopic (exact) mass is 339 g/mol. The number of nitrogens with zero attached hydrogens (tertiary/aromatic N) is 3. The van der Waals surface area contributed by atoms with Crippen molar-refractivity contribution in [2.45, 2.75) is 24.5 Å². The zero-order chi connectivity index (χ0) is 15.0.